The third-order valence-electron chi connectivity index (χ3n) is 4.44. The summed E-state index contributed by atoms with van der Waals surface area (Å²) in [5.41, 5.74) is 0.862. The van der Waals surface area contributed by atoms with Crippen molar-refractivity contribution in [3.63, 3.8) is 0 Å². The maximum atomic E-state index is 12.4. The smallest absolute Gasteiger partial charge is 0.321 e. The number of hydrogen-bond donors (Lipinski definition) is 1. The van der Waals surface area contributed by atoms with Gasteiger partial charge >= 0.3 is 6.03 Å². The van der Waals surface area contributed by atoms with Crippen molar-refractivity contribution < 1.29 is 4.79 Å². The number of anilines is 1. The first-order chi connectivity index (χ1) is 10.2. The Labute approximate surface area is 125 Å². The van der Waals surface area contributed by atoms with Gasteiger partial charge in [-0.15, -0.1) is 0 Å². The molecule has 0 atom stereocenters. The molecule has 1 N–H and O–H groups in total. The van der Waals surface area contributed by atoms with Crippen LogP contribution in [0.3, 0.4) is 0 Å². The lowest BCUT2D eigenvalue weighted by Crippen LogP contribution is -2.40. The van der Waals surface area contributed by atoms with Crippen LogP contribution in [0.25, 0.3) is 10.8 Å². The van der Waals surface area contributed by atoms with Crippen molar-refractivity contribution in [3.05, 3.63) is 42.5 Å². The molecule has 3 nitrogen and oxygen atoms in total. The molecule has 0 heterocycles. The van der Waals surface area contributed by atoms with E-state index in [1.807, 2.05) is 42.3 Å². The maximum absolute atomic E-state index is 12.4. The van der Waals surface area contributed by atoms with Gasteiger partial charge in [0.1, 0.15) is 0 Å². The third-order valence-corrected chi connectivity index (χ3v) is 4.44. The number of fused-ring (bicyclic) bond motifs is 1. The number of nitrogens with one attached hydrogen (secondary N) is 1. The van der Waals surface area contributed by atoms with Gasteiger partial charge in [-0.05, 0) is 35.7 Å². The summed E-state index contributed by atoms with van der Waals surface area (Å²) in [5.74, 6) is 0. The Balaban J connectivity index is 1.70. The first-order valence-corrected chi connectivity index (χ1v) is 7.77. The largest absolute Gasteiger partial charge is 0.325 e. The second-order valence-corrected chi connectivity index (χ2v) is 5.89. The fourth-order valence-corrected chi connectivity index (χ4v) is 3.11. The molecule has 1 fully saturated rings. The molecule has 0 bridgehead atoms. The first kappa shape index (κ1) is 13.9. The molecular formula is C18H22N2O. The molecule has 110 valence electrons. The zero-order valence-corrected chi connectivity index (χ0v) is 12.5. The average Bonchev–Trinajstić information content (AvgIpc) is 2.55. The predicted molar refractivity (Wildman–Crippen MR) is 87.6 cm³/mol. The maximum Gasteiger partial charge on any atom is 0.321 e. The second-order valence-electron chi connectivity index (χ2n) is 5.89. The van der Waals surface area contributed by atoms with E-state index >= 15 is 0 Å². The van der Waals surface area contributed by atoms with Gasteiger partial charge in [-0.3, -0.25) is 0 Å². The van der Waals surface area contributed by atoms with Gasteiger partial charge in [-0.2, -0.15) is 0 Å². The molecule has 0 aromatic heterocycles. The quantitative estimate of drug-likeness (QED) is 0.855. The number of benzene rings is 2. The van der Waals surface area contributed by atoms with Crippen LogP contribution in [0.1, 0.15) is 32.1 Å². The predicted octanol–water partition coefficient (Wildman–Crippen LogP) is 4.64. The van der Waals surface area contributed by atoms with Gasteiger partial charge in [-0.1, -0.05) is 49.6 Å². The summed E-state index contributed by atoms with van der Waals surface area (Å²) < 4.78 is 0. The number of amides is 2. The molecule has 3 rings (SSSR count). The van der Waals surface area contributed by atoms with Crippen LogP contribution in [0.4, 0.5) is 10.5 Å². The van der Waals surface area contributed by atoms with Crippen molar-refractivity contribution in [1.29, 1.82) is 0 Å². The molecule has 1 aliphatic carbocycles. The van der Waals surface area contributed by atoms with E-state index in [4.69, 9.17) is 0 Å². The van der Waals surface area contributed by atoms with E-state index < -0.39 is 0 Å². The van der Waals surface area contributed by atoms with Crippen molar-refractivity contribution in [3.8, 4) is 0 Å². The molecule has 2 aromatic rings. The molecule has 2 amide bonds. The molecule has 1 aliphatic rings. The lowest BCUT2D eigenvalue weighted by Gasteiger charge is -2.31. The van der Waals surface area contributed by atoms with Crippen LogP contribution in [0, 0.1) is 0 Å². The number of urea groups is 1. The Morgan fingerprint density at radius 1 is 1.05 bits per heavy atom. The van der Waals surface area contributed by atoms with Gasteiger partial charge in [-0.25, -0.2) is 4.79 Å². The summed E-state index contributed by atoms with van der Waals surface area (Å²) in [7, 11) is 1.91. The van der Waals surface area contributed by atoms with E-state index in [1.54, 1.807) is 0 Å². The van der Waals surface area contributed by atoms with Gasteiger partial charge < -0.3 is 10.2 Å². The van der Waals surface area contributed by atoms with Gasteiger partial charge in [0.25, 0.3) is 0 Å². The van der Waals surface area contributed by atoms with Crippen LogP contribution < -0.4 is 5.32 Å². The lowest BCUT2D eigenvalue weighted by atomic mass is 9.95. The number of carbonyl (C=O) groups excluding carboxylic acids is 1. The summed E-state index contributed by atoms with van der Waals surface area (Å²) in [4.78, 5) is 14.2. The van der Waals surface area contributed by atoms with Crippen LogP contribution in [0.2, 0.25) is 0 Å². The molecule has 3 heteroatoms. The van der Waals surface area contributed by atoms with Crippen LogP contribution in [0.15, 0.2) is 42.5 Å². The molecular weight excluding hydrogens is 260 g/mol. The van der Waals surface area contributed by atoms with Gasteiger partial charge in [0.15, 0.2) is 0 Å². The molecule has 21 heavy (non-hydrogen) atoms. The molecule has 0 aliphatic heterocycles. The number of carbonyl (C=O) groups is 1. The number of hydrogen-bond acceptors (Lipinski definition) is 1. The van der Waals surface area contributed by atoms with Crippen molar-refractivity contribution >= 4 is 22.5 Å². The van der Waals surface area contributed by atoms with Crippen molar-refractivity contribution in [1.82, 2.24) is 4.90 Å². The van der Waals surface area contributed by atoms with Crippen LogP contribution in [-0.2, 0) is 0 Å². The van der Waals surface area contributed by atoms with E-state index in [2.05, 4.69) is 17.4 Å². The summed E-state index contributed by atoms with van der Waals surface area (Å²) in [6.45, 7) is 0. The van der Waals surface area contributed by atoms with Crippen LogP contribution in [-0.4, -0.2) is 24.0 Å². The third kappa shape index (κ3) is 3.18. The number of nitrogens with zero attached hydrogens (tertiary/aromatic N) is 1. The highest BCUT2D eigenvalue weighted by molar-refractivity contribution is 5.93. The topological polar surface area (TPSA) is 32.3 Å². The Morgan fingerprint density at radius 2 is 1.76 bits per heavy atom. The SMILES string of the molecule is CN(C(=O)Nc1ccc2ccccc2c1)C1CCCCC1. The second kappa shape index (κ2) is 6.17. The Morgan fingerprint density at radius 3 is 2.52 bits per heavy atom. The standard InChI is InChI=1S/C18H22N2O/c1-20(17-9-3-2-4-10-17)18(21)19-16-12-11-14-7-5-6-8-15(14)13-16/h5-8,11-13,17H,2-4,9-10H2,1H3,(H,19,21). The highest BCUT2D eigenvalue weighted by Gasteiger charge is 2.21. The normalized spacial score (nSPS) is 15.9. The zero-order chi connectivity index (χ0) is 14.7. The van der Waals surface area contributed by atoms with Crippen LogP contribution in [0.5, 0.6) is 0 Å². The molecule has 0 spiro atoms. The highest BCUT2D eigenvalue weighted by atomic mass is 16.2. The molecule has 1 saturated carbocycles. The molecule has 2 aromatic carbocycles. The van der Waals surface area contributed by atoms with E-state index in [-0.39, 0.29) is 6.03 Å². The minimum atomic E-state index is -0.00261. The van der Waals surface area contributed by atoms with Gasteiger partial charge in [0, 0.05) is 18.8 Å². The van der Waals surface area contributed by atoms with Crippen LogP contribution >= 0.6 is 0 Å². The van der Waals surface area contributed by atoms with E-state index in [9.17, 15) is 4.79 Å². The minimum Gasteiger partial charge on any atom is -0.325 e. The van der Waals surface area contributed by atoms with Crippen molar-refractivity contribution in [2.24, 2.45) is 0 Å². The lowest BCUT2D eigenvalue weighted by molar-refractivity contribution is 0.186. The summed E-state index contributed by atoms with van der Waals surface area (Å²) in [6.07, 6.45) is 6.02. The summed E-state index contributed by atoms with van der Waals surface area (Å²) >= 11 is 0. The molecule has 0 unspecified atom stereocenters. The van der Waals surface area contributed by atoms with Gasteiger partial charge in [0.2, 0.25) is 0 Å². The first-order valence-electron chi connectivity index (χ1n) is 7.77. The molecule has 0 radical (unpaired) electrons. The van der Waals surface area contributed by atoms with E-state index in [0.29, 0.717) is 6.04 Å². The fraction of sp³-hybridized carbons (Fsp3) is 0.389. The number of rotatable bonds is 2. The Hall–Kier alpha value is -2.03. The van der Waals surface area contributed by atoms with Gasteiger partial charge in [0.05, 0.1) is 0 Å². The summed E-state index contributed by atoms with van der Waals surface area (Å²) in [6, 6.07) is 14.6. The van der Waals surface area contributed by atoms with E-state index in [0.717, 1.165) is 23.9 Å². The van der Waals surface area contributed by atoms with E-state index in [1.165, 1.54) is 24.6 Å². The van der Waals surface area contributed by atoms with Crippen molar-refractivity contribution in [2.75, 3.05) is 12.4 Å². The monoisotopic (exact) mass is 282 g/mol. The fourth-order valence-electron chi connectivity index (χ4n) is 3.11. The van der Waals surface area contributed by atoms with Crippen molar-refractivity contribution in [2.45, 2.75) is 38.1 Å². The minimum absolute atomic E-state index is 0.00261. The molecule has 0 saturated heterocycles. The highest BCUT2D eigenvalue weighted by Crippen LogP contribution is 2.23. The summed E-state index contributed by atoms with van der Waals surface area (Å²) in [5, 5.41) is 5.36. The Kier molecular flexibility index (Phi) is 4.09. The Bertz CT molecular complexity index is 632. The average molecular weight is 282 g/mol. The zero-order valence-electron chi connectivity index (χ0n) is 12.5.